The summed E-state index contributed by atoms with van der Waals surface area (Å²) in [6, 6.07) is 13.9. The van der Waals surface area contributed by atoms with Crippen LogP contribution >= 0.6 is 0 Å². The van der Waals surface area contributed by atoms with Gasteiger partial charge in [0.25, 0.3) is 0 Å². The van der Waals surface area contributed by atoms with Gasteiger partial charge < -0.3 is 21.1 Å². The third-order valence-electron chi connectivity index (χ3n) is 3.06. The summed E-state index contributed by atoms with van der Waals surface area (Å²) in [5.74, 6) is -0.107. The molecule has 0 heterocycles. The van der Waals surface area contributed by atoms with Crippen LogP contribution in [0.3, 0.4) is 0 Å². The van der Waals surface area contributed by atoms with E-state index in [1.165, 1.54) is 0 Å². The lowest BCUT2D eigenvalue weighted by Gasteiger charge is -2.12. The molecule has 23 heavy (non-hydrogen) atoms. The number of nitrogens with one attached hydrogen (secondary N) is 2. The third kappa shape index (κ3) is 4.74. The molecule has 6 heteroatoms. The van der Waals surface area contributed by atoms with Crippen LogP contribution in [0.15, 0.2) is 48.5 Å². The first-order valence-electron chi connectivity index (χ1n) is 7.25. The van der Waals surface area contributed by atoms with Gasteiger partial charge >= 0.3 is 0 Å². The van der Waals surface area contributed by atoms with Crippen molar-refractivity contribution in [3.8, 4) is 5.75 Å². The van der Waals surface area contributed by atoms with Gasteiger partial charge in [-0.1, -0.05) is 18.2 Å². The van der Waals surface area contributed by atoms with Crippen molar-refractivity contribution in [3.63, 3.8) is 0 Å². The van der Waals surface area contributed by atoms with Crippen LogP contribution < -0.4 is 21.1 Å². The number of amides is 2. The van der Waals surface area contributed by atoms with Crippen molar-refractivity contribution in [1.29, 1.82) is 0 Å². The number of para-hydroxylation sites is 2. The number of hydrogen-bond acceptors (Lipinski definition) is 4. The highest BCUT2D eigenvalue weighted by molar-refractivity contribution is 5.96. The molecule has 0 aromatic heterocycles. The number of rotatable bonds is 7. The van der Waals surface area contributed by atoms with Gasteiger partial charge in [0.05, 0.1) is 18.8 Å². The second-order valence-electron chi connectivity index (χ2n) is 4.78. The van der Waals surface area contributed by atoms with E-state index in [-0.39, 0.29) is 12.5 Å². The molecule has 0 aliphatic rings. The zero-order valence-corrected chi connectivity index (χ0v) is 12.8. The standard InChI is InChI=1S/C17H19N3O3/c1-2-23-15-9-4-3-8-14(15)20-16(21)11-19-13-7-5-6-12(10-13)17(18)22/h3-10,19H,2,11H2,1H3,(H2,18,22)(H,20,21). The lowest BCUT2D eigenvalue weighted by Crippen LogP contribution is -2.22. The van der Waals surface area contributed by atoms with Gasteiger partial charge in [0.1, 0.15) is 5.75 Å². The number of ether oxygens (including phenoxy) is 1. The fourth-order valence-electron chi connectivity index (χ4n) is 2.01. The molecule has 2 rings (SSSR count). The predicted octanol–water partition coefficient (Wildman–Crippen LogP) is 2.23. The Kier molecular flexibility index (Phi) is 5.57. The van der Waals surface area contributed by atoms with Gasteiger partial charge in [-0.15, -0.1) is 0 Å². The van der Waals surface area contributed by atoms with Crippen LogP contribution in [0.2, 0.25) is 0 Å². The molecule has 0 aliphatic heterocycles. The normalized spacial score (nSPS) is 9.96. The van der Waals surface area contributed by atoms with E-state index in [4.69, 9.17) is 10.5 Å². The molecule has 2 aromatic carbocycles. The van der Waals surface area contributed by atoms with E-state index < -0.39 is 5.91 Å². The number of anilines is 2. The molecule has 2 amide bonds. The molecule has 6 nitrogen and oxygen atoms in total. The second-order valence-corrected chi connectivity index (χ2v) is 4.78. The van der Waals surface area contributed by atoms with E-state index in [1.807, 2.05) is 19.1 Å². The van der Waals surface area contributed by atoms with Crippen molar-refractivity contribution < 1.29 is 14.3 Å². The van der Waals surface area contributed by atoms with Crippen molar-refractivity contribution in [2.45, 2.75) is 6.92 Å². The largest absolute Gasteiger partial charge is 0.492 e. The van der Waals surface area contributed by atoms with Gasteiger partial charge in [-0.05, 0) is 37.3 Å². The fourth-order valence-corrected chi connectivity index (χ4v) is 2.01. The van der Waals surface area contributed by atoms with Crippen molar-refractivity contribution in [3.05, 3.63) is 54.1 Å². The molecule has 0 atom stereocenters. The van der Waals surface area contributed by atoms with E-state index in [2.05, 4.69) is 10.6 Å². The van der Waals surface area contributed by atoms with E-state index in [0.29, 0.717) is 29.3 Å². The van der Waals surface area contributed by atoms with E-state index >= 15 is 0 Å². The first-order chi connectivity index (χ1) is 11.1. The highest BCUT2D eigenvalue weighted by Crippen LogP contribution is 2.23. The Morgan fingerprint density at radius 1 is 1.13 bits per heavy atom. The van der Waals surface area contributed by atoms with Gasteiger partial charge in [-0.3, -0.25) is 9.59 Å². The van der Waals surface area contributed by atoms with E-state index in [1.54, 1.807) is 36.4 Å². The van der Waals surface area contributed by atoms with Crippen molar-refractivity contribution in [1.82, 2.24) is 0 Å². The molecule has 2 aromatic rings. The maximum absolute atomic E-state index is 12.0. The Balaban J connectivity index is 1.95. The average molecular weight is 313 g/mol. The zero-order valence-electron chi connectivity index (χ0n) is 12.8. The Hall–Kier alpha value is -3.02. The lowest BCUT2D eigenvalue weighted by molar-refractivity contribution is -0.114. The summed E-state index contributed by atoms with van der Waals surface area (Å²) in [5, 5.41) is 5.74. The summed E-state index contributed by atoms with van der Waals surface area (Å²) in [6.45, 7) is 2.46. The van der Waals surface area contributed by atoms with Crippen LogP contribution in [-0.4, -0.2) is 25.0 Å². The molecular weight excluding hydrogens is 294 g/mol. The topological polar surface area (TPSA) is 93.4 Å². The predicted molar refractivity (Wildman–Crippen MR) is 89.7 cm³/mol. The van der Waals surface area contributed by atoms with Crippen molar-refractivity contribution >= 4 is 23.2 Å². The second kappa shape index (κ2) is 7.84. The molecule has 0 bridgehead atoms. The van der Waals surface area contributed by atoms with Crippen LogP contribution in [0, 0.1) is 0 Å². The quantitative estimate of drug-likeness (QED) is 0.730. The molecule has 0 saturated heterocycles. The van der Waals surface area contributed by atoms with Gasteiger partial charge in [-0.25, -0.2) is 0 Å². The lowest BCUT2D eigenvalue weighted by atomic mass is 10.2. The molecular formula is C17H19N3O3. The maximum Gasteiger partial charge on any atom is 0.248 e. The first-order valence-corrected chi connectivity index (χ1v) is 7.25. The van der Waals surface area contributed by atoms with Crippen LogP contribution in [0.1, 0.15) is 17.3 Å². The Labute approximate surface area is 134 Å². The Bertz CT molecular complexity index is 701. The minimum atomic E-state index is -0.510. The SMILES string of the molecule is CCOc1ccccc1NC(=O)CNc1cccc(C(N)=O)c1. The van der Waals surface area contributed by atoms with Crippen LogP contribution in [0.5, 0.6) is 5.75 Å². The van der Waals surface area contributed by atoms with Crippen molar-refractivity contribution in [2.75, 3.05) is 23.8 Å². The maximum atomic E-state index is 12.0. The number of benzene rings is 2. The average Bonchev–Trinajstić information content (AvgIpc) is 2.55. The minimum Gasteiger partial charge on any atom is -0.492 e. The minimum absolute atomic E-state index is 0.0582. The molecule has 0 radical (unpaired) electrons. The number of primary amides is 1. The fraction of sp³-hybridized carbons (Fsp3) is 0.176. The summed E-state index contributed by atoms with van der Waals surface area (Å²) < 4.78 is 5.46. The Morgan fingerprint density at radius 3 is 2.65 bits per heavy atom. The number of carbonyl (C=O) groups excluding carboxylic acids is 2. The summed E-state index contributed by atoms with van der Waals surface area (Å²) >= 11 is 0. The third-order valence-corrected chi connectivity index (χ3v) is 3.06. The van der Waals surface area contributed by atoms with Gasteiger partial charge in [0, 0.05) is 11.3 Å². The van der Waals surface area contributed by atoms with E-state index in [9.17, 15) is 9.59 Å². The monoisotopic (exact) mass is 313 g/mol. The molecule has 4 N–H and O–H groups in total. The summed E-state index contributed by atoms with van der Waals surface area (Å²) in [4.78, 5) is 23.2. The molecule has 0 saturated carbocycles. The van der Waals surface area contributed by atoms with Gasteiger partial charge in [0.2, 0.25) is 11.8 Å². The van der Waals surface area contributed by atoms with Crippen LogP contribution in [0.4, 0.5) is 11.4 Å². The summed E-state index contributed by atoms with van der Waals surface area (Å²) in [5.41, 5.74) is 6.88. The van der Waals surface area contributed by atoms with Crippen molar-refractivity contribution in [2.24, 2.45) is 5.73 Å². The highest BCUT2D eigenvalue weighted by Gasteiger charge is 2.07. The number of carbonyl (C=O) groups is 2. The zero-order chi connectivity index (χ0) is 16.7. The number of hydrogen-bond donors (Lipinski definition) is 3. The molecule has 0 unspecified atom stereocenters. The van der Waals surface area contributed by atoms with Crippen LogP contribution in [-0.2, 0) is 4.79 Å². The molecule has 0 fully saturated rings. The first kappa shape index (κ1) is 16.4. The molecule has 0 aliphatic carbocycles. The highest BCUT2D eigenvalue weighted by atomic mass is 16.5. The molecule has 120 valence electrons. The summed E-state index contributed by atoms with van der Waals surface area (Å²) in [6.07, 6.45) is 0. The Morgan fingerprint density at radius 2 is 1.91 bits per heavy atom. The van der Waals surface area contributed by atoms with E-state index in [0.717, 1.165) is 0 Å². The number of nitrogens with two attached hydrogens (primary N) is 1. The van der Waals surface area contributed by atoms with Gasteiger partial charge in [0.15, 0.2) is 0 Å². The van der Waals surface area contributed by atoms with Gasteiger partial charge in [-0.2, -0.15) is 0 Å². The summed E-state index contributed by atoms with van der Waals surface area (Å²) in [7, 11) is 0. The smallest absolute Gasteiger partial charge is 0.248 e. The van der Waals surface area contributed by atoms with Crippen LogP contribution in [0.25, 0.3) is 0 Å². The molecule has 0 spiro atoms.